The van der Waals surface area contributed by atoms with E-state index >= 15 is 0 Å². The summed E-state index contributed by atoms with van der Waals surface area (Å²) in [5, 5.41) is 14.3. The Hall–Kier alpha value is -2.75. The molecular weight excluding hydrogens is 450 g/mol. The number of aryl methyl sites for hydroxylation is 1. The minimum absolute atomic E-state index is 0.170. The zero-order valence-electron chi connectivity index (χ0n) is 22.4. The normalized spacial score (nSPS) is 21.8. The first kappa shape index (κ1) is 24.9. The molecule has 9 heteroatoms. The summed E-state index contributed by atoms with van der Waals surface area (Å²) in [6, 6.07) is 0.170. The van der Waals surface area contributed by atoms with Gasteiger partial charge >= 0.3 is 0 Å². The molecule has 4 heterocycles. The van der Waals surface area contributed by atoms with Crippen LogP contribution in [0.15, 0.2) is 17.4 Å². The van der Waals surface area contributed by atoms with Crippen LogP contribution in [-0.4, -0.2) is 95.1 Å². The molecule has 2 aromatic rings. The van der Waals surface area contributed by atoms with Crippen LogP contribution in [0.5, 0.6) is 0 Å². The van der Waals surface area contributed by atoms with E-state index in [0.29, 0.717) is 0 Å². The van der Waals surface area contributed by atoms with Gasteiger partial charge in [0, 0.05) is 69.2 Å². The largest absolute Gasteiger partial charge is 0.369 e. The van der Waals surface area contributed by atoms with Crippen LogP contribution >= 0.6 is 0 Å². The summed E-state index contributed by atoms with van der Waals surface area (Å²) in [5.74, 6) is 0.216. The number of likely N-dealkylation sites (N-methyl/N-ethyl adjacent to an activating group) is 2. The summed E-state index contributed by atoms with van der Waals surface area (Å²) in [5.41, 5.74) is 16.5. The number of rotatable bonds is 9. The van der Waals surface area contributed by atoms with Gasteiger partial charge in [-0.15, -0.1) is 0 Å². The third-order valence-electron chi connectivity index (χ3n) is 7.91. The molecule has 3 aliphatic rings. The Morgan fingerprint density at radius 3 is 2.64 bits per heavy atom. The number of aromatic nitrogens is 3. The van der Waals surface area contributed by atoms with Gasteiger partial charge in [0.25, 0.3) is 0 Å². The Morgan fingerprint density at radius 2 is 1.94 bits per heavy atom. The van der Waals surface area contributed by atoms with E-state index in [9.17, 15) is 0 Å². The highest BCUT2D eigenvalue weighted by Crippen LogP contribution is 2.42. The highest BCUT2D eigenvalue weighted by atomic mass is 15.5. The predicted molar refractivity (Wildman–Crippen MR) is 146 cm³/mol. The van der Waals surface area contributed by atoms with Gasteiger partial charge in [0.15, 0.2) is 0 Å². The van der Waals surface area contributed by atoms with Crippen LogP contribution in [-0.2, 0) is 6.42 Å². The summed E-state index contributed by atoms with van der Waals surface area (Å²) in [7, 11) is 2.19. The fourth-order valence-electron chi connectivity index (χ4n) is 5.77. The molecule has 3 N–H and O–H groups in total. The molecule has 2 unspecified atom stereocenters. The van der Waals surface area contributed by atoms with Gasteiger partial charge in [-0.25, -0.2) is 9.99 Å². The molecule has 5 rings (SSSR count). The van der Waals surface area contributed by atoms with Crippen molar-refractivity contribution in [2.75, 3.05) is 52.9 Å². The second-order valence-corrected chi connectivity index (χ2v) is 10.3. The van der Waals surface area contributed by atoms with Crippen LogP contribution in [0.2, 0.25) is 0 Å². The van der Waals surface area contributed by atoms with E-state index < -0.39 is 0 Å². The number of hydrogen-bond acceptors (Lipinski definition) is 8. The highest BCUT2D eigenvalue weighted by molar-refractivity contribution is 5.83. The molecule has 194 valence electrons. The maximum atomic E-state index is 5.42. The molecule has 0 amide bonds. The molecule has 36 heavy (non-hydrogen) atoms. The van der Waals surface area contributed by atoms with Crippen molar-refractivity contribution >= 4 is 11.9 Å². The number of nitrogens with one attached hydrogen (secondary N) is 3. The zero-order valence-corrected chi connectivity index (χ0v) is 22.4. The molecule has 0 spiro atoms. The molecule has 1 aliphatic carbocycles. The maximum absolute atomic E-state index is 5.42. The van der Waals surface area contributed by atoms with Gasteiger partial charge in [0.2, 0.25) is 0 Å². The van der Waals surface area contributed by atoms with Crippen molar-refractivity contribution in [1.29, 1.82) is 0 Å². The predicted octanol–water partition coefficient (Wildman–Crippen LogP) is 2.51. The SMILES string of the molecule is CCCc1c(-c2cn[nH]c2C)nc2c(c1C)C1C=NNC1C=C2N(CC)CCNN1CCN(C)CC1. The lowest BCUT2D eigenvalue weighted by Gasteiger charge is -2.36. The van der Waals surface area contributed by atoms with Crippen molar-refractivity contribution in [2.24, 2.45) is 5.10 Å². The molecule has 0 saturated carbocycles. The van der Waals surface area contributed by atoms with Crippen LogP contribution in [0, 0.1) is 13.8 Å². The smallest absolute Gasteiger partial charge is 0.0910 e. The number of hydrazone groups is 1. The summed E-state index contributed by atoms with van der Waals surface area (Å²) >= 11 is 0. The van der Waals surface area contributed by atoms with E-state index in [0.717, 1.165) is 81.3 Å². The lowest BCUT2D eigenvalue weighted by molar-refractivity contribution is 0.102. The number of hydrazine groups is 1. The van der Waals surface area contributed by atoms with Crippen molar-refractivity contribution < 1.29 is 0 Å². The Morgan fingerprint density at radius 1 is 1.14 bits per heavy atom. The number of nitrogens with zero attached hydrogens (tertiary/aromatic N) is 6. The lowest BCUT2D eigenvalue weighted by atomic mass is 9.80. The highest BCUT2D eigenvalue weighted by Gasteiger charge is 2.37. The topological polar surface area (TPSA) is 87.7 Å². The van der Waals surface area contributed by atoms with Gasteiger partial charge < -0.3 is 15.2 Å². The molecule has 0 bridgehead atoms. The van der Waals surface area contributed by atoms with Crippen molar-refractivity contribution in [3.05, 3.63) is 40.4 Å². The minimum Gasteiger partial charge on any atom is -0.369 e. The van der Waals surface area contributed by atoms with Crippen LogP contribution in [0.1, 0.15) is 54.3 Å². The molecule has 0 radical (unpaired) electrons. The molecule has 1 saturated heterocycles. The number of aromatic amines is 1. The van der Waals surface area contributed by atoms with E-state index in [-0.39, 0.29) is 12.0 Å². The third-order valence-corrected chi connectivity index (χ3v) is 7.91. The lowest BCUT2D eigenvalue weighted by Crippen LogP contribution is -2.52. The van der Waals surface area contributed by atoms with E-state index in [4.69, 9.17) is 4.98 Å². The molecule has 0 aromatic carbocycles. The fraction of sp³-hybridized carbons (Fsp3) is 0.593. The summed E-state index contributed by atoms with van der Waals surface area (Å²) in [6.07, 6.45) is 8.41. The van der Waals surface area contributed by atoms with Gasteiger partial charge in [-0.05, 0) is 57.0 Å². The zero-order chi connectivity index (χ0) is 25.2. The quantitative estimate of drug-likeness (QED) is 0.497. The van der Waals surface area contributed by atoms with Crippen LogP contribution in [0.25, 0.3) is 17.0 Å². The third kappa shape index (κ3) is 4.67. The molecule has 2 aromatic heterocycles. The molecule has 9 nitrogen and oxygen atoms in total. The fourth-order valence-corrected chi connectivity index (χ4v) is 5.77. The van der Waals surface area contributed by atoms with E-state index in [1.54, 1.807) is 0 Å². The van der Waals surface area contributed by atoms with Crippen LogP contribution in [0.3, 0.4) is 0 Å². The first-order valence-corrected chi connectivity index (χ1v) is 13.5. The van der Waals surface area contributed by atoms with Gasteiger partial charge in [-0.2, -0.15) is 10.2 Å². The van der Waals surface area contributed by atoms with Crippen molar-refractivity contribution in [1.82, 2.24) is 40.8 Å². The molecule has 2 aliphatic heterocycles. The Kier molecular flexibility index (Phi) is 7.41. The maximum Gasteiger partial charge on any atom is 0.0910 e. The molecular formula is C27H41N9. The average molecular weight is 492 g/mol. The Balaban J connectivity index is 1.49. The van der Waals surface area contributed by atoms with E-state index in [1.807, 2.05) is 6.20 Å². The number of piperazine rings is 1. The van der Waals surface area contributed by atoms with Crippen molar-refractivity contribution in [2.45, 2.75) is 52.5 Å². The number of fused-ring (bicyclic) bond motifs is 3. The second-order valence-electron chi connectivity index (χ2n) is 10.3. The first-order valence-electron chi connectivity index (χ1n) is 13.5. The summed E-state index contributed by atoms with van der Waals surface area (Å²) in [6.45, 7) is 15.9. The van der Waals surface area contributed by atoms with Crippen LogP contribution in [0.4, 0.5) is 0 Å². The molecule has 1 fully saturated rings. The monoisotopic (exact) mass is 491 g/mol. The molecule has 2 atom stereocenters. The number of hydrogen-bond donors (Lipinski definition) is 3. The number of pyridine rings is 1. The van der Waals surface area contributed by atoms with Gasteiger partial charge in [-0.1, -0.05) is 13.3 Å². The summed E-state index contributed by atoms with van der Waals surface area (Å²) in [4.78, 5) is 10.3. The summed E-state index contributed by atoms with van der Waals surface area (Å²) < 4.78 is 0. The minimum atomic E-state index is 0.170. The van der Waals surface area contributed by atoms with Crippen molar-refractivity contribution in [3.63, 3.8) is 0 Å². The van der Waals surface area contributed by atoms with E-state index in [1.165, 1.54) is 22.4 Å². The van der Waals surface area contributed by atoms with Gasteiger partial charge in [0.05, 0.1) is 29.3 Å². The van der Waals surface area contributed by atoms with Gasteiger partial charge in [-0.3, -0.25) is 10.5 Å². The van der Waals surface area contributed by atoms with Crippen LogP contribution < -0.4 is 10.9 Å². The number of H-pyrrole nitrogens is 1. The average Bonchev–Trinajstić information content (AvgIpc) is 3.52. The Bertz CT molecular complexity index is 1130. The standard InChI is InChI=1S/C27H41N9/c1-6-8-20-18(3)25-22-17-29-33-23(22)15-24(27(25)31-26(20)21-16-28-32-19(21)4)35(7-2)10-9-30-36-13-11-34(5)12-14-36/h15-17,22-23,30,33H,6-14H2,1-5H3,(H,28,32). The van der Waals surface area contributed by atoms with Gasteiger partial charge in [0.1, 0.15) is 0 Å². The van der Waals surface area contributed by atoms with Crippen molar-refractivity contribution in [3.8, 4) is 11.3 Å². The Labute approximate surface area is 215 Å². The first-order chi connectivity index (χ1) is 17.5. The second kappa shape index (κ2) is 10.7. The van der Waals surface area contributed by atoms with E-state index in [2.05, 4.69) is 88.0 Å².